The van der Waals surface area contributed by atoms with Crippen LogP contribution in [0.15, 0.2) is 22.1 Å². The van der Waals surface area contributed by atoms with E-state index in [0.717, 1.165) is 33.0 Å². The molecule has 1 fully saturated rings. The van der Waals surface area contributed by atoms with Gasteiger partial charge in [-0.2, -0.15) is 0 Å². The van der Waals surface area contributed by atoms with Crippen LogP contribution in [0.4, 0.5) is 4.79 Å². The van der Waals surface area contributed by atoms with Gasteiger partial charge in [-0.15, -0.1) is 11.3 Å². The molecule has 1 unspecified atom stereocenters. The maximum absolute atomic E-state index is 12.4. The third kappa shape index (κ3) is 3.77. The van der Waals surface area contributed by atoms with Crippen molar-refractivity contribution >= 4 is 33.4 Å². The predicted molar refractivity (Wildman–Crippen MR) is 94.5 cm³/mol. The minimum absolute atomic E-state index is 0.0398. The van der Waals surface area contributed by atoms with Crippen LogP contribution in [0.2, 0.25) is 0 Å². The van der Waals surface area contributed by atoms with Gasteiger partial charge in [-0.25, -0.2) is 9.78 Å². The molecule has 0 aromatic carbocycles. The van der Waals surface area contributed by atoms with Crippen LogP contribution < -0.4 is 0 Å². The molecule has 1 aliphatic rings. The van der Waals surface area contributed by atoms with Crippen molar-refractivity contribution in [2.45, 2.75) is 45.3 Å². The zero-order valence-electron chi connectivity index (χ0n) is 13.4. The fourth-order valence-electron chi connectivity index (χ4n) is 2.68. The number of carbonyl (C=O) groups excluding carboxylic acids is 1. The first-order valence-electron chi connectivity index (χ1n) is 7.64. The topological polar surface area (TPSA) is 58.2 Å². The third-order valence-electron chi connectivity index (χ3n) is 3.63. The molecule has 2 aromatic rings. The van der Waals surface area contributed by atoms with Gasteiger partial charge in [-0.05, 0) is 61.7 Å². The van der Waals surface area contributed by atoms with Crippen LogP contribution in [0.25, 0.3) is 10.6 Å². The number of likely N-dealkylation sites (tertiary alicyclic amines) is 1. The molecule has 1 amide bonds. The number of thiophene rings is 1. The third-order valence-corrected chi connectivity index (χ3v) is 5.29. The Balaban J connectivity index is 1.78. The molecule has 7 heteroatoms. The Morgan fingerprint density at radius 3 is 2.91 bits per heavy atom. The fourth-order valence-corrected chi connectivity index (χ4v) is 4.03. The lowest BCUT2D eigenvalue weighted by molar-refractivity contribution is 0.0219. The van der Waals surface area contributed by atoms with Gasteiger partial charge in [0.1, 0.15) is 11.4 Å². The van der Waals surface area contributed by atoms with Crippen molar-refractivity contribution in [2.24, 2.45) is 0 Å². The highest BCUT2D eigenvalue weighted by Gasteiger charge is 2.34. The van der Waals surface area contributed by atoms with Gasteiger partial charge in [0.15, 0.2) is 0 Å². The first-order chi connectivity index (χ1) is 10.8. The molecule has 0 bridgehead atoms. The van der Waals surface area contributed by atoms with Gasteiger partial charge >= 0.3 is 6.09 Å². The molecule has 0 radical (unpaired) electrons. The standard InChI is InChI=1S/C16H20BrN3O2S/c1-16(2,3)22-15(21)20-8-4-5-11(20)14-18-9-10(19-14)12-6-7-13(17)23-12/h6-7,9,11H,4-5,8H2,1-3H3,(H,18,19). The molecule has 1 atom stereocenters. The number of hydrogen-bond donors (Lipinski definition) is 1. The van der Waals surface area contributed by atoms with Gasteiger partial charge in [0.05, 0.1) is 26.6 Å². The van der Waals surface area contributed by atoms with E-state index in [-0.39, 0.29) is 12.1 Å². The number of hydrogen-bond acceptors (Lipinski definition) is 4. The van der Waals surface area contributed by atoms with Crippen molar-refractivity contribution in [3.05, 3.63) is 27.9 Å². The second-order valence-corrected chi connectivity index (χ2v) is 9.08. The van der Waals surface area contributed by atoms with Gasteiger partial charge in [-0.3, -0.25) is 4.90 Å². The Morgan fingerprint density at radius 1 is 1.48 bits per heavy atom. The van der Waals surface area contributed by atoms with Crippen LogP contribution in [-0.2, 0) is 4.74 Å². The Kier molecular flexibility index (Phi) is 4.51. The van der Waals surface area contributed by atoms with Crippen molar-refractivity contribution < 1.29 is 9.53 Å². The number of nitrogens with one attached hydrogen (secondary N) is 1. The lowest BCUT2D eigenvalue weighted by Gasteiger charge is -2.27. The van der Waals surface area contributed by atoms with E-state index < -0.39 is 5.60 Å². The molecule has 0 spiro atoms. The number of imidazole rings is 1. The number of nitrogens with zero attached hydrogens (tertiary/aromatic N) is 2. The summed E-state index contributed by atoms with van der Waals surface area (Å²) >= 11 is 5.13. The number of aromatic amines is 1. The monoisotopic (exact) mass is 397 g/mol. The van der Waals surface area contributed by atoms with Crippen LogP contribution >= 0.6 is 27.3 Å². The average Bonchev–Trinajstić information content (AvgIpc) is 3.15. The fraction of sp³-hybridized carbons (Fsp3) is 0.500. The maximum atomic E-state index is 12.4. The van der Waals surface area contributed by atoms with E-state index in [2.05, 4.69) is 25.9 Å². The molecule has 3 heterocycles. The van der Waals surface area contributed by atoms with Gasteiger partial charge in [0.25, 0.3) is 0 Å². The maximum Gasteiger partial charge on any atom is 0.410 e. The van der Waals surface area contributed by atoms with Gasteiger partial charge in [0, 0.05) is 6.54 Å². The number of amides is 1. The number of rotatable bonds is 2. The van der Waals surface area contributed by atoms with Crippen molar-refractivity contribution in [3.8, 4) is 10.6 Å². The summed E-state index contributed by atoms with van der Waals surface area (Å²) in [6, 6.07) is 4.03. The first kappa shape index (κ1) is 16.5. The highest BCUT2D eigenvalue weighted by atomic mass is 79.9. The van der Waals surface area contributed by atoms with Crippen molar-refractivity contribution in [1.29, 1.82) is 0 Å². The molecule has 23 heavy (non-hydrogen) atoms. The summed E-state index contributed by atoms with van der Waals surface area (Å²) in [6.07, 6.45) is 3.43. The van der Waals surface area contributed by atoms with E-state index >= 15 is 0 Å². The van der Waals surface area contributed by atoms with Crippen LogP contribution in [0.5, 0.6) is 0 Å². The van der Waals surface area contributed by atoms with E-state index in [9.17, 15) is 4.79 Å². The van der Waals surface area contributed by atoms with Crippen LogP contribution in [-0.4, -0.2) is 33.1 Å². The molecule has 5 nitrogen and oxygen atoms in total. The highest BCUT2D eigenvalue weighted by Crippen LogP contribution is 2.34. The van der Waals surface area contributed by atoms with E-state index in [1.807, 2.05) is 39.1 Å². The number of aromatic nitrogens is 2. The van der Waals surface area contributed by atoms with Gasteiger partial charge < -0.3 is 9.72 Å². The summed E-state index contributed by atoms with van der Waals surface area (Å²) < 4.78 is 6.59. The molecular formula is C16H20BrN3O2S. The second kappa shape index (κ2) is 6.28. The summed E-state index contributed by atoms with van der Waals surface area (Å²) in [5, 5.41) is 0. The zero-order chi connectivity index (χ0) is 16.6. The predicted octanol–water partition coefficient (Wildman–Crippen LogP) is 4.97. The van der Waals surface area contributed by atoms with E-state index in [4.69, 9.17) is 4.74 Å². The minimum Gasteiger partial charge on any atom is -0.444 e. The highest BCUT2D eigenvalue weighted by molar-refractivity contribution is 9.11. The molecule has 1 aliphatic heterocycles. The van der Waals surface area contributed by atoms with E-state index in [1.54, 1.807) is 16.2 Å². The van der Waals surface area contributed by atoms with Gasteiger partial charge in [-0.1, -0.05) is 0 Å². The smallest absolute Gasteiger partial charge is 0.410 e. The van der Waals surface area contributed by atoms with Crippen molar-refractivity contribution in [1.82, 2.24) is 14.9 Å². The summed E-state index contributed by atoms with van der Waals surface area (Å²) in [7, 11) is 0. The summed E-state index contributed by atoms with van der Waals surface area (Å²) in [6.45, 7) is 6.36. The Bertz CT molecular complexity index is 704. The summed E-state index contributed by atoms with van der Waals surface area (Å²) in [4.78, 5) is 23.1. The molecule has 124 valence electrons. The molecule has 2 aromatic heterocycles. The number of H-pyrrole nitrogens is 1. The molecule has 1 N–H and O–H groups in total. The zero-order valence-corrected chi connectivity index (χ0v) is 15.8. The largest absolute Gasteiger partial charge is 0.444 e. The normalized spacial score (nSPS) is 18.4. The van der Waals surface area contributed by atoms with Crippen LogP contribution in [0.1, 0.15) is 45.5 Å². The molecule has 3 rings (SSSR count). The Labute approximate surface area is 148 Å². The lowest BCUT2D eigenvalue weighted by Crippen LogP contribution is -2.36. The molecule has 0 aliphatic carbocycles. The van der Waals surface area contributed by atoms with E-state index in [0.29, 0.717) is 6.54 Å². The first-order valence-corrected chi connectivity index (χ1v) is 9.25. The van der Waals surface area contributed by atoms with E-state index in [1.165, 1.54) is 0 Å². The molecule has 1 saturated heterocycles. The SMILES string of the molecule is CC(C)(C)OC(=O)N1CCCC1c1ncc(-c2ccc(Br)s2)[nH]1. The molecule has 0 saturated carbocycles. The number of ether oxygens (including phenoxy) is 1. The van der Waals surface area contributed by atoms with Gasteiger partial charge in [0.2, 0.25) is 0 Å². The van der Waals surface area contributed by atoms with Crippen LogP contribution in [0, 0.1) is 0 Å². The average molecular weight is 398 g/mol. The van der Waals surface area contributed by atoms with Crippen LogP contribution in [0.3, 0.4) is 0 Å². The lowest BCUT2D eigenvalue weighted by atomic mass is 10.2. The molecular weight excluding hydrogens is 378 g/mol. The Morgan fingerprint density at radius 2 is 2.26 bits per heavy atom. The quantitative estimate of drug-likeness (QED) is 0.777. The number of halogens is 1. The van der Waals surface area contributed by atoms with Crippen molar-refractivity contribution in [2.75, 3.05) is 6.54 Å². The van der Waals surface area contributed by atoms with Crippen molar-refractivity contribution in [3.63, 3.8) is 0 Å². The summed E-state index contributed by atoms with van der Waals surface area (Å²) in [5.41, 5.74) is 0.494. The minimum atomic E-state index is -0.484. The second-order valence-electron chi connectivity index (χ2n) is 6.62. The summed E-state index contributed by atoms with van der Waals surface area (Å²) in [5.74, 6) is 0.827. The number of carbonyl (C=O) groups is 1. The Hall–Kier alpha value is -1.34.